The first-order valence-electron chi connectivity index (χ1n) is 4.96. The molecule has 82 valence electrons. The zero-order valence-electron chi connectivity index (χ0n) is 8.58. The molecule has 0 aliphatic heterocycles. The van der Waals surface area contributed by atoms with E-state index in [9.17, 15) is 4.39 Å². The summed E-state index contributed by atoms with van der Waals surface area (Å²) in [5, 5.41) is 0. The Morgan fingerprint density at radius 3 is 2.44 bits per heavy atom. The van der Waals surface area contributed by atoms with E-state index >= 15 is 0 Å². The molecule has 1 nitrogen and oxygen atoms in total. The van der Waals surface area contributed by atoms with Crippen LogP contribution in [-0.2, 0) is 6.54 Å². The van der Waals surface area contributed by atoms with Gasteiger partial charge in [-0.15, -0.1) is 0 Å². The Morgan fingerprint density at radius 2 is 1.69 bits per heavy atom. The molecule has 0 aliphatic carbocycles. The highest BCUT2D eigenvalue weighted by Crippen LogP contribution is 2.29. The molecule has 0 aromatic heterocycles. The normalized spacial score (nSPS) is 10.4. The SMILES string of the molecule is NCc1ccccc1-c1cccc(Br)c1F. The van der Waals surface area contributed by atoms with Gasteiger partial charge >= 0.3 is 0 Å². The van der Waals surface area contributed by atoms with E-state index in [1.54, 1.807) is 12.1 Å². The van der Waals surface area contributed by atoms with Crippen LogP contribution in [-0.4, -0.2) is 0 Å². The van der Waals surface area contributed by atoms with E-state index in [4.69, 9.17) is 5.73 Å². The lowest BCUT2D eigenvalue weighted by Gasteiger charge is -2.09. The van der Waals surface area contributed by atoms with Crippen LogP contribution < -0.4 is 5.73 Å². The van der Waals surface area contributed by atoms with Crippen LogP contribution >= 0.6 is 15.9 Å². The van der Waals surface area contributed by atoms with Gasteiger partial charge in [0.15, 0.2) is 0 Å². The van der Waals surface area contributed by atoms with Crippen LogP contribution in [0, 0.1) is 5.82 Å². The van der Waals surface area contributed by atoms with E-state index in [0.717, 1.165) is 11.1 Å². The van der Waals surface area contributed by atoms with Gasteiger partial charge in [0.05, 0.1) is 4.47 Å². The molecule has 16 heavy (non-hydrogen) atoms. The fourth-order valence-electron chi connectivity index (χ4n) is 1.67. The Bertz CT molecular complexity index is 511. The molecule has 2 aromatic carbocycles. The van der Waals surface area contributed by atoms with Crippen LogP contribution in [0.5, 0.6) is 0 Å². The quantitative estimate of drug-likeness (QED) is 0.891. The van der Waals surface area contributed by atoms with Crippen molar-refractivity contribution in [3.63, 3.8) is 0 Å². The Balaban J connectivity index is 2.63. The summed E-state index contributed by atoms with van der Waals surface area (Å²) in [6, 6.07) is 12.8. The van der Waals surface area contributed by atoms with Crippen molar-refractivity contribution < 1.29 is 4.39 Å². The lowest BCUT2D eigenvalue weighted by atomic mass is 9.99. The van der Waals surface area contributed by atoms with Crippen molar-refractivity contribution >= 4 is 15.9 Å². The van der Waals surface area contributed by atoms with Crippen LogP contribution in [0.25, 0.3) is 11.1 Å². The van der Waals surface area contributed by atoms with E-state index in [0.29, 0.717) is 16.6 Å². The monoisotopic (exact) mass is 279 g/mol. The molecule has 2 aromatic rings. The largest absolute Gasteiger partial charge is 0.326 e. The molecule has 0 heterocycles. The Labute approximate surface area is 102 Å². The number of hydrogen-bond acceptors (Lipinski definition) is 1. The summed E-state index contributed by atoms with van der Waals surface area (Å²) in [6.45, 7) is 0.405. The Hall–Kier alpha value is -1.19. The standard InChI is InChI=1S/C13H11BrFN/c14-12-7-3-6-11(13(12)15)10-5-2-1-4-9(10)8-16/h1-7H,8,16H2. The topological polar surface area (TPSA) is 26.0 Å². The zero-order valence-corrected chi connectivity index (χ0v) is 10.2. The van der Waals surface area contributed by atoms with Crippen LogP contribution in [0.15, 0.2) is 46.9 Å². The van der Waals surface area contributed by atoms with Gasteiger partial charge in [-0.1, -0.05) is 36.4 Å². The predicted octanol–water partition coefficient (Wildman–Crippen LogP) is 3.71. The molecule has 3 heteroatoms. The van der Waals surface area contributed by atoms with Crippen LogP contribution in [0.2, 0.25) is 0 Å². The van der Waals surface area contributed by atoms with Gasteiger partial charge in [0, 0.05) is 12.1 Å². The molecular weight excluding hydrogens is 269 g/mol. The smallest absolute Gasteiger partial charge is 0.145 e. The van der Waals surface area contributed by atoms with Gasteiger partial charge in [-0.3, -0.25) is 0 Å². The zero-order chi connectivity index (χ0) is 11.5. The summed E-state index contributed by atoms with van der Waals surface area (Å²) < 4.78 is 14.4. The third-order valence-electron chi connectivity index (χ3n) is 2.48. The number of nitrogens with two attached hydrogens (primary N) is 1. The minimum atomic E-state index is -0.247. The molecule has 2 rings (SSSR count). The molecule has 0 unspecified atom stereocenters. The maximum atomic E-state index is 13.9. The molecule has 0 bridgehead atoms. The van der Waals surface area contributed by atoms with Crippen molar-refractivity contribution in [1.82, 2.24) is 0 Å². The first-order chi connectivity index (χ1) is 7.74. The fraction of sp³-hybridized carbons (Fsp3) is 0.0769. The summed E-state index contributed by atoms with van der Waals surface area (Å²) in [4.78, 5) is 0. The van der Waals surface area contributed by atoms with Crippen LogP contribution in [0.1, 0.15) is 5.56 Å². The third-order valence-corrected chi connectivity index (χ3v) is 3.09. The highest BCUT2D eigenvalue weighted by atomic mass is 79.9. The molecule has 0 aliphatic rings. The van der Waals surface area contributed by atoms with Gasteiger partial charge in [-0.05, 0) is 33.1 Å². The second-order valence-corrected chi connectivity index (χ2v) is 4.32. The highest BCUT2D eigenvalue weighted by Gasteiger charge is 2.10. The summed E-state index contributed by atoms with van der Waals surface area (Å²) in [6.07, 6.45) is 0. The minimum Gasteiger partial charge on any atom is -0.326 e. The Kier molecular flexibility index (Phi) is 3.36. The van der Waals surface area contributed by atoms with E-state index in [-0.39, 0.29) is 5.82 Å². The van der Waals surface area contributed by atoms with Crippen LogP contribution in [0.4, 0.5) is 4.39 Å². The fourth-order valence-corrected chi connectivity index (χ4v) is 2.04. The summed E-state index contributed by atoms with van der Waals surface area (Å²) >= 11 is 3.18. The Morgan fingerprint density at radius 1 is 1.00 bits per heavy atom. The molecule has 0 radical (unpaired) electrons. The maximum Gasteiger partial charge on any atom is 0.145 e. The van der Waals surface area contributed by atoms with Gasteiger partial charge < -0.3 is 5.73 Å². The third kappa shape index (κ3) is 2.01. The summed E-state index contributed by atoms with van der Waals surface area (Å²) in [5.41, 5.74) is 8.02. The summed E-state index contributed by atoms with van der Waals surface area (Å²) in [5.74, 6) is -0.247. The highest BCUT2D eigenvalue weighted by molar-refractivity contribution is 9.10. The van der Waals surface area contributed by atoms with Crippen molar-refractivity contribution in [3.8, 4) is 11.1 Å². The lowest BCUT2D eigenvalue weighted by molar-refractivity contribution is 0.624. The van der Waals surface area contributed by atoms with Crippen molar-refractivity contribution in [2.45, 2.75) is 6.54 Å². The second kappa shape index (κ2) is 4.76. The van der Waals surface area contributed by atoms with E-state index in [1.807, 2.05) is 30.3 Å². The van der Waals surface area contributed by atoms with Gasteiger partial charge in [0.2, 0.25) is 0 Å². The van der Waals surface area contributed by atoms with E-state index in [2.05, 4.69) is 15.9 Å². The number of hydrogen-bond donors (Lipinski definition) is 1. The summed E-state index contributed by atoms with van der Waals surface area (Å²) in [7, 11) is 0. The van der Waals surface area contributed by atoms with Gasteiger partial charge in [0.25, 0.3) is 0 Å². The van der Waals surface area contributed by atoms with Gasteiger partial charge in [-0.25, -0.2) is 4.39 Å². The average Bonchev–Trinajstić information content (AvgIpc) is 2.33. The van der Waals surface area contributed by atoms with Crippen molar-refractivity contribution in [2.75, 3.05) is 0 Å². The molecule has 0 saturated heterocycles. The van der Waals surface area contributed by atoms with Crippen molar-refractivity contribution in [1.29, 1.82) is 0 Å². The first-order valence-corrected chi connectivity index (χ1v) is 5.75. The molecule has 0 atom stereocenters. The number of benzene rings is 2. The van der Waals surface area contributed by atoms with Gasteiger partial charge in [0.1, 0.15) is 5.82 Å². The predicted molar refractivity (Wildman–Crippen MR) is 67.4 cm³/mol. The maximum absolute atomic E-state index is 13.9. The number of halogens is 2. The first kappa shape index (κ1) is 11.3. The molecule has 0 spiro atoms. The molecule has 0 amide bonds. The molecule has 2 N–H and O–H groups in total. The lowest BCUT2D eigenvalue weighted by Crippen LogP contribution is -1.99. The van der Waals surface area contributed by atoms with E-state index < -0.39 is 0 Å². The molecule has 0 saturated carbocycles. The van der Waals surface area contributed by atoms with Crippen molar-refractivity contribution in [3.05, 3.63) is 58.3 Å². The number of rotatable bonds is 2. The molecular formula is C13H11BrFN. The average molecular weight is 280 g/mol. The molecule has 0 fully saturated rings. The van der Waals surface area contributed by atoms with Crippen LogP contribution in [0.3, 0.4) is 0 Å². The minimum absolute atomic E-state index is 0.247. The van der Waals surface area contributed by atoms with Gasteiger partial charge in [-0.2, -0.15) is 0 Å². The second-order valence-electron chi connectivity index (χ2n) is 3.46. The van der Waals surface area contributed by atoms with Crippen molar-refractivity contribution in [2.24, 2.45) is 5.73 Å². The van der Waals surface area contributed by atoms with E-state index in [1.165, 1.54) is 0 Å².